The molecule has 1 N–H and O–H groups in total. The molecule has 2 aromatic rings. The molecule has 0 atom stereocenters. The first-order chi connectivity index (χ1) is 10.9. The largest absolute Gasteiger partial charge is 0.354 e. The van der Waals surface area contributed by atoms with Crippen molar-refractivity contribution in [1.29, 1.82) is 0 Å². The molecule has 0 radical (unpaired) electrons. The van der Waals surface area contributed by atoms with Crippen molar-refractivity contribution in [3.05, 3.63) is 33.3 Å². The van der Waals surface area contributed by atoms with Crippen molar-refractivity contribution >= 4 is 33.4 Å². The van der Waals surface area contributed by atoms with Gasteiger partial charge in [0.15, 0.2) is 0 Å². The standard InChI is InChI=1S/C13H15BrClF2N5O/c1-8-11(14)12(13(16)17)20-22(8)7-10(23)18-3-2-4-21-6-9(15)5-19-21/h5-6,13H,2-4,7H2,1H3,(H,18,23). The Hall–Kier alpha value is -1.48. The van der Waals surface area contributed by atoms with Crippen molar-refractivity contribution in [3.63, 3.8) is 0 Å². The van der Waals surface area contributed by atoms with E-state index in [1.165, 1.54) is 4.68 Å². The molecule has 0 spiro atoms. The van der Waals surface area contributed by atoms with Gasteiger partial charge in [0.05, 0.1) is 21.4 Å². The van der Waals surface area contributed by atoms with Gasteiger partial charge in [-0.25, -0.2) is 8.78 Å². The van der Waals surface area contributed by atoms with Crippen LogP contribution in [0.5, 0.6) is 0 Å². The molecular formula is C13H15BrClF2N5O. The van der Waals surface area contributed by atoms with E-state index in [0.717, 1.165) is 0 Å². The van der Waals surface area contributed by atoms with E-state index in [1.807, 2.05) is 0 Å². The van der Waals surface area contributed by atoms with Gasteiger partial charge in [0.25, 0.3) is 6.43 Å². The Labute approximate surface area is 144 Å². The first-order valence-electron chi connectivity index (χ1n) is 6.84. The monoisotopic (exact) mass is 409 g/mol. The quantitative estimate of drug-likeness (QED) is 0.714. The number of hydrogen-bond donors (Lipinski definition) is 1. The molecule has 0 aliphatic heterocycles. The second kappa shape index (κ2) is 7.87. The molecule has 1 amide bonds. The summed E-state index contributed by atoms with van der Waals surface area (Å²) in [5.41, 5.74) is 0.132. The van der Waals surface area contributed by atoms with E-state index in [2.05, 4.69) is 31.4 Å². The third-order valence-electron chi connectivity index (χ3n) is 3.15. The molecule has 0 unspecified atom stereocenters. The summed E-state index contributed by atoms with van der Waals surface area (Å²) in [6, 6.07) is 0. The van der Waals surface area contributed by atoms with Crippen molar-refractivity contribution in [1.82, 2.24) is 24.9 Å². The first kappa shape index (κ1) is 17.9. The summed E-state index contributed by atoms with van der Waals surface area (Å²) in [5, 5.41) is 11.1. The van der Waals surface area contributed by atoms with E-state index >= 15 is 0 Å². The number of nitrogens with one attached hydrogen (secondary N) is 1. The van der Waals surface area contributed by atoms with E-state index in [4.69, 9.17) is 11.6 Å². The highest BCUT2D eigenvalue weighted by Crippen LogP contribution is 2.28. The fourth-order valence-corrected chi connectivity index (χ4v) is 2.58. The number of nitrogens with zero attached hydrogens (tertiary/aromatic N) is 4. The van der Waals surface area contributed by atoms with Gasteiger partial charge >= 0.3 is 0 Å². The maximum absolute atomic E-state index is 12.7. The summed E-state index contributed by atoms with van der Waals surface area (Å²) < 4.78 is 28.7. The zero-order valence-electron chi connectivity index (χ0n) is 12.3. The molecule has 2 heterocycles. The second-order valence-corrected chi connectivity index (χ2v) is 6.10. The molecule has 10 heteroatoms. The molecular weight excluding hydrogens is 396 g/mol. The average molecular weight is 411 g/mol. The minimum Gasteiger partial charge on any atom is -0.354 e. The maximum atomic E-state index is 12.7. The van der Waals surface area contributed by atoms with Gasteiger partial charge < -0.3 is 5.32 Å². The van der Waals surface area contributed by atoms with E-state index in [1.54, 1.807) is 24.0 Å². The van der Waals surface area contributed by atoms with Gasteiger partial charge in [-0.15, -0.1) is 0 Å². The SMILES string of the molecule is Cc1c(Br)c(C(F)F)nn1CC(=O)NCCCn1cc(Cl)cn1. The predicted octanol–water partition coefficient (Wildman–Crippen LogP) is 2.95. The molecule has 0 aliphatic rings. The van der Waals surface area contributed by atoms with Crippen molar-refractivity contribution in [2.24, 2.45) is 0 Å². The summed E-state index contributed by atoms with van der Waals surface area (Å²) in [4.78, 5) is 11.9. The second-order valence-electron chi connectivity index (χ2n) is 4.87. The van der Waals surface area contributed by atoms with Crippen LogP contribution >= 0.6 is 27.5 Å². The van der Waals surface area contributed by atoms with Gasteiger partial charge in [0.1, 0.15) is 12.2 Å². The molecule has 6 nitrogen and oxygen atoms in total. The number of alkyl halides is 2. The molecule has 0 saturated heterocycles. The van der Waals surface area contributed by atoms with Gasteiger partial charge in [-0.05, 0) is 29.3 Å². The Kier molecular flexibility index (Phi) is 6.11. The lowest BCUT2D eigenvalue weighted by Crippen LogP contribution is -2.29. The highest BCUT2D eigenvalue weighted by atomic mass is 79.9. The van der Waals surface area contributed by atoms with Crippen LogP contribution in [0.1, 0.15) is 24.2 Å². The number of aryl methyl sites for hydroxylation is 1. The highest BCUT2D eigenvalue weighted by molar-refractivity contribution is 9.10. The lowest BCUT2D eigenvalue weighted by molar-refractivity contribution is -0.121. The number of halogens is 4. The summed E-state index contributed by atoms with van der Waals surface area (Å²) >= 11 is 8.81. The molecule has 0 aliphatic carbocycles. The van der Waals surface area contributed by atoms with Gasteiger partial charge in [-0.3, -0.25) is 14.2 Å². The van der Waals surface area contributed by atoms with E-state index in [9.17, 15) is 13.6 Å². The maximum Gasteiger partial charge on any atom is 0.283 e. The van der Waals surface area contributed by atoms with Gasteiger partial charge in [-0.1, -0.05) is 11.6 Å². The predicted molar refractivity (Wildman–Crippen MR) is 84.5 cm³/mol. The Bertz CT molecular complexity index is 688. The minimum atomic E-state index is -2.69. The van der Waals surface area contributed by atoms with Crippen molar-refractivity contribution < 1.29 is 13.6 Å². The van der Waals surface area contributed by atoms with Crippen LogP contribution in [0.2, 0.25) is 5.02 Å². The van der Waals surface area contributed by atoms with Gasteiger partial charge in [0.2, 0.25) is 5.91 Å². The highest BCUT2D eigenvalue weighted by Gasteiger charge is 2.20. The Balaban J connectivity index is 1.80. The summed E-state index contributed by atoms with van der Waals surface area (Å²) in [7, 11) is 0. The fraction of sp³-hybridized carbons (Fsp3) is 0.462. The zero-order valence-corrected chi connectivity index (χ0v) is 14.6. The molecule has 23 heavy (non-hydrogen) atoms. The van der Waals surface area contributed by atoms with Crippen LogP contribution in [-0.2, 0) is 17.9 Å². The van der Waals surface area contributed by atoms with Crippen LogP contribution in [0.15, 0.2) is 16.9 Å². The van der Waals surface area contributed by atoms with Crippen molar-refractivity contribution in [3.8, 4) is 0 Å². The molecule has 0 aromatic carbocycles. The summed E-state index contributed by atoms with van der Waals surface area (Å²) in [6.45, 7) is 2.58. The number of amides is 1. The number of aromatic nitrogens is 4. The van der Waals surface area contributed by atoms with E-state index in [-0.39, 0.29) is 22.6 Å². The Morgan fingerprint density at radius 2 is 2.26 bits per heavy atom. The smallest absolute Gasteiger partial charge is 0.283 e. The van der Waals surface area contributed by atoms with Crippen molar-refractivity contribution in [2.75, 3.05) is 6.54 Å². The van der Waals surface area contributed by atoms with E-state index in [0.29, 0.717) is 30.2 Å². The number of carbonyl (C=O) groups excluding carboxylic acids is 1. The van der Waals surface area contributed by atoms with Crippen molar-refractivity contribution in [2.45, 2.75) is 32.9 Å². The van der Waals surface area contributed by atoms with Crippen LogP contribution in [0.25, 0.3) is 0 Å². The average Bonchev–Trinajstić information content (AvgIpc) is 3.02. The molecule has 0 fully saturated rings. The lowest BCUT2D eigenvalue weighted by atomic mass is 10.4. The Morgan fingerprint density at radius 3 is 2.83 bits per heavy atom. The molecule has 2 aromatic heterocycles. The Morgan fingerprint density at radius 1 is 1.52 bits per heavy atom. The third kappa shape index (κ3) is 4.74. The fourth-order valence-electron chi connectivity index (χ4n) is 1.96. The van der Waals surface area contributed by atoms with E-state index < -0.39 is 6.43 Å². The number of carbonyl (C=O) groups is 1. The number of hydrogen-bond acceptors (Lipinski definition) is 3. The molecule has 2 rings (SSSR count). The third-order valence-corrected chi connectivity index (χ3v) is 4.32. The molecule has 0 bridgehead atoms. The van der Waals surface area contributed by atoms with Crippen LogP contribution in [-0.4, -0.2) is 32.0 Å². The summed E-state index contributed by atoms with van der Waals surface area (Å²) in [6.07, 6.45) is 1.22. The van der Waals surface area contributed by atoms with Crippen LogP contribution in [0.4, 0.5) is 8.78 Å². The van der Waals surface area contributed by atoms with Crippen LogP contribution in [0.3, 0.4) is 0 Å². The van der Waals surface area contributed by atoms with Crippen LogP contribution < -0.4 is 5.32 Å². The lowest BCUT2D eigenvalue weighted by Gasteiger charge is -2.07. The van der Waals surface area contributed by atoms with Gasteiger partial charge in [0, 0.05) is 19.3 Å². The molecule has 126 valence electrons. The minimum absolute atomic E-state index is 0.106. The first-order valence-corrected chi connectivity index (χ1v) is 8.01. The topological polar surface area (TPSA) is 64.7 Å². The van der Waals surface area contributed by atoms with Crippen LogP contribution in [0, 0.1) is 6.92 Å². The zero-order chi connectivity index (χ0) is 17.0. The normalized spacial score (nSPS) is 11.2. The summed E-state index contributed by atoms with van der Waals surface area (Å²) in [5.74, 6) is -0.289. The van der Waals surface area contributed by atoms with Gasteiger partial charge in [-0.2, -0.15) is 10.2 Å². The number of rotatable bonds is 7. The molecule has 0 saturated carbocycles.